The van der Waals surface area contributed by atoms with E-state index in [4.69, 9.17) is 0 Å². The van der Waals surface area contributed by atoms with Crippen LogP contribution in [0, 0.1) is 0 Å². The third-order valence-electron chi connectivity index (χ3n) is 14.6. The molecule has 0 bridgehead atoms. The molecule has 61 heavy (non-hydrogen) atoms. The first-order chi connectivity index (χ1) is 27.9. The van der Waals surface area contributed by atoms with Crippen LogP contribution < -0.4 is 26.2 Å². The highest BCUT2D eigenvalue weighted by molar-refractivity contribution is 7.00. The first kappa shape index (κ1) is 43.4. The molecule has 1 aliphatic carbocycles. The second-order valence-corrected chi connectivity index (χ2v) is 25.6. The second-order valence-electron chi connectivity index (χ2n) is 25.6. The minimum Gasteiger partial charge on any atom is -0.311 e. The fourth-order valence-electron chi connectivity index (χ4n) is 10.2. The molecule has 0 fully saturated rings. The van der Waals surface area contributed by atoms with Crippen molar-refractivity contribution in [2.24, 2.45) is 0 Å². The van der Waals surface area contributed by atoms with Crippen molar-refractivity contribution < 1.29 is 0 Å². The van der Waals surface area contributed by atoms with Gasteiger partial charge < -0.3 is 9.80 Å². The van der Waals surface area contributed by atoms with Crippen LogP contribution in [0.2, 0.25) is 0 Å². The van der Waals surface area contributed by atoms with Crippen molar-refractivity contribution in [2.45, 2.75) is 182 Å². The molecular weight excluding hydrogens is 735 g/mol. The van der Waals surface area contributed by atoms with Crippen LogP contribution in [0.3, 0.4) is 0 Å². The summed E-state index contributed by atoms with van der Waals surface area (Å²) in [6.45, 7) is 45.4. The molecule has 8 rings (SSSR count). The second kappa shape index (κ2) is 13.6. The number of hydrogen-bond acceptors (Lipinski definition) is 2. The zero-order chi connectivity index (χ0) is 44.8. The summed E-state index contributed by atoms with van der Waals surface area (Å²) in [4.78, 5) is 5.32. The van der Waals surface area contributed by atoms with Crippen molar-refractivity contribution in [3.63, 3.8) is 0 Å². The summed E-state index contributed by atoms with van der Waals surface area (Å²) in [6, 6.07) is 34.8. The molecule has 3 aliphatic rings. The van der Waals surface area contributed by atoms with Crippen molar-refractivity contribution in [2.75, 3.05) is 9.80 Å². The van der Waals surface area contributed by atoms with Crippen LogP contribution >= 0.6 is 0 Å². The first-order valence-corrected chi connectivity index (χ1v) is 23.3. The molecule has 5 aromatic carbocycles. The lowest BCUT2D eigenvalue weighted by Gasteiger charge is -2.47. The van der Waals surface area contributed by atoms with E-state index in [0.29, 0.717) is 0 Å². The van der Waals surface area contributed by atoms with E-state index >= 15 is 0 Å². The van der Waals surface area contributed by atoms with Crippen LogP contribution in [-0.4, -0.2) is 6.71 Å². The predicted molar refractivity (Wildman–Crippen MR) is 269 cm³/mol. The normalized spacial score (nSPS) is 17.1. The van der Waals surface area contributed by atoms with E-state index < -0.39 is 0 Å². The molecule has 5 aromatic rings. The van der Waals surface area contributed by atoms with Gasteiger partial charge in [0.05, 0.1) is 0 Å². The highest BCUT2D eigenvalue weighted by Gasteiger charge is 2.47. The Labute approximate surface area is 371 Å². The van der Waals surface area contributed by atoms with Gasteiger partial charge in [0.25, 0.3) is 6.71 Å². The van der Waals surface area contributed by atoms with Gasteiger partial charge in [0.2, 0.25) is 0 Å². The van der Waals surface area contributed by atoms with Crippen molar-refractivity contribution in [3.05, 3.63) is 124 Å². The zero-order valence-corrected chi connectivity index (χ0v) is 41.5. The average Bonchev–Trinajstić information content (AvgIpc) is 3.13. The van der Waals surface area contributed by atoms with Crippen molar-refractivity contribution >= 4 is 57.2 Å². The van der Waals surface area contributed by atoms with Crippen molar-refractivity contribution in [1.82, 2.24) is 0 Å². The Hall–Kier alpha value is -4.24. The monoisotopic (exact) mass is 811 g/mol. The summed E-state index contributed by atoms with van der Waals surface area (Å²) >= 11 is 0. The van der Waals surface area contributed by atoms with Gasteiger partial charge in [0, 0.05) is 34.1 Å². The van der Waals surface area contributed by atoms with E-state index in [1.165, 1.54) is 102 Å². The van der Waals surface area contributed by atoms with Gasteiger partial charge in [0.15, 0.2) is 0 Å². The Balaban J connectivity index is 1.53. The van der Waals surface area contributed by atoms with E-state index in [1.807, 2.05) is 0 Å². The van der Waals surface area contributed by atoms with E-state index in [-0.39, 0.29) is 44.6 Å². The fourth-order valence-corrected chi connectivity index (χ4v) is 10.2. The topological polar surface area (TPSA) is 6.48 Å². The molecular formula is C58H75BN2. The largest absolute Gasteiger partial charge is 0.311 e. The maximum Gasteiger partial charge on any atom is 0.252 e. The molecule has 2 nitrogen and oxygen atoms in total. The fraction of sp³-hybridized carbons (Fsp3) is 0.483. The number of anilines is 6. The minimum atomic E-state index is -0.0154. The van der Waals surface area contributed by atoms with Crippen LogP contribution in [-0.2, 0) is 37.9 Å². The van der Waals surface area contributed by atoms with Gasteiger partial charge in [-0.25, -0.2) is 0 Å². The Bertz CT molecular complexity index is 2490. The van der Waals surface area contributed by atoms with Crippen LogP contribution in [0.5, 0.6) is 0 Å². The Morgan fingerprint density at radius 2 is 0.770 bits per heavy atom. The molecule has 0 N–H and O–H groups in total. The average molecular weight is 811 g/mol. The van der Waals surface area contributed by atoms with E-state index in [2.05, 4.69) is 226 Å². The maximum absolute atomic E-state index is 2.68. The van der Waals surface area contributed by atoms with E-state index in [9.17, 15) is 0 Å². The summed E-state index contributed by atoms with van der Waals surface area (Å²) in [5.74, 6) is 0. The quantitative estimate of drug-likeness (QED) is 0.161. The summed E-state index contributed by atoms with van der Waals surface area (Å²) in [5, 5.41) is 0. The molecule has 0 aromatic heterocycles. The van der Waals surface area contributed by atoms with Crippen LogP contribution in [0.15, 0.2) is 84.9 Å². The van der Waals surface area contributed by atoms with Gasteiger partial charge in [-0.2, -0.15) is 0 Å². The molecule has 0 saturated carbocycles. The number of rotatable bonds is 2. The zero-order valence-electron chi connectivity index (χ0n) is 41.5. The van der Waals surface area contributed by atoms with Gasteiger partial charge in [-0.1, -0.05) is 168 Å². The lowest BCUT2D eigenvalue weighted by atomic mass is 9.33. The smallest absolute Gasteiger partial charge is 0.252 e. The van der Waals surface area contributed by atoms with Crippen LogP contribution in [0.4, 0.5) is 34.1 Å². The molecule has 0 saturated heterocycles. The Kier molecular flexibility index (Phi) is 9.70. The van der Waals surface area contributed by atoms with Crippen molar-refractivity contribution in [3.8, 4) is 0 Å². The molecule has 0 radical (unpaired) electrons. The van der Waals surface area contributed by atoms with E-state index in [1.54, 1.807) is 0 Å². The van der Waals surface area contributed by atoms with E-state index in [0.717, 1.165) is 0 Å². The first-order valence-electron chi connectivity index (χ1n) is 23.3. The minimum absolute atomic E-state index is 0.00849. The van der Waals surface area contributed by atoms with Gasteiger partial charge in [-0.3, -0.25) is 0 Å². The molecule has 320 valence electrons. The highest BCUT2D eigenvalue weighted by atomic mass is 15.2. The molecule has 0 spiro atoms. The van der Waals surface area contributed by atoms with Gasteiger partial charge >= 0.3 is 0 Å². The molecule has 0 amide bonds. The summed E-state index contributed by atoms with van der Waals surface area (Å²) in [6.07, 6.45) is 2.37. The Morgan fingerprint density at radius 3 is 1.16 bits per heavy atom. The number of nitrogens with zero attached hydrogens (tertiary/aromatic N) is 2. The summed E-state index contributed by atoms with van der Waals surface area (Å²) in [5.41, 5.74) is 21.8. The number of benzene rings is 5. The SMILES string of the molecule is CC(C)(C)c1cc(N2c3cc(C(C)(C)C)ccc3B3c4cc5c(cc4N(c4cc(C(C)(C)C)cc(C(C)(C)C)c4)c4cccc2c43)C(C)(C)CCC5(C)C)cc(C(C)(C)C)c1. The maximum atomic E-state index is 2.68. The highest BCUT2D eigenvalue weighted by Crippen LogP contribution is 2.51. The van der Waals surface area contributed by atoms with Gasteiger partial charge in [-0.15, -0.1) is 0 Å². The number of fused-ring (bicyclic) bond motifs is 5. The summed E-state index contributed by atoms with van der Waals surface area (Å²) in [7, 11) is 0. The molecule has 0 unspecified atom stereocenters. The molecule has 0 atom stereocenters. The third kappa shape index (κ3) is 7.38. The third-order valence-corrected chi connectivity index (χ3v) is 14.6. The van der Waals surface area contributed by atoms with Crippen LogP contribution in [0.25, 0.3) is 0 Å². The summed E-state index contributed by atoms with van der Waals surface area (Å²) < 4.78 is 0. The molecule has 2 heterocycles. The van der Waals surface area contributed by atoms with Crippen molar-refractivity contribution in [1.29, 1.82) is 0 Å². The molecule has 3 heteroatoms. The molecule has 2 aliphatic heterocycles. The standard InChI is InChI=1S/C58H75BN2/c1-52(2,3)36-23-24-45-49(33-36)60(41-29-37(53(4,5)6)27-38(30-41)54(7,8)9)47-21-20-22-48-51(47)59(45)46-34-43-44(58(18,19)26-25-57(43,16)17)35-50(46)61(48)42-31-39(55(10,11)12)28-40(32-42)56(13,14)15/h20-24,27-35H,25-26H2,1-19H3. The van der Waals surface area contributed by atoms with Gasteiger partial charge in [-0.05, 0) is 155 Å². The number of hydrogen-bond donors (Lipinski definition) is 0. The Morgan fingerprint density at radius 1 is 0.393 bits per heavy atom. The lowest BCUT2D eigenvalue weighted by molar-refractivity contribution is 0.332. The van der Waals surface area contributed by atoms with Gasteiger partial charge in [0.1, 0.15) is 0 Å². The van der Waals surface area contributed by atoms with Crippen LogP contribution in [0.1, 0.15) is 183 Å². The lowest BCUT2D eigenvalue weighted by Crippen LogP contribution is -2.62. The predicted octanol–water partition coefficient (Wildman–Crippen LogP) is 14.6.